The van der Waals surface area contributed by atoms with Gasteiger partial charge >= 0.3 is 0 Å². The van der Waals surface area contributed by atoms with Gasteiger partial charge in [-0.05, 0) is 43.2 Å². The number of hydrogen-bond acceptors (Lipinski definition) is 3. The van der Waals surface area contributed by atoms with Crippen LogP contribution in [0.5, 0.6) is 5.75 Å². The molecule has 4 heteroatoms. The summed E-state index contributed by atoms with van der Waals surface area (Å²) in [5.74, 6) is 0.861. The van der Waals surface area contributed by atoms with Gasteiger partial charge in [-0.3, -0.25) is 0 Å². The Hall–Kier alpha value is -2.33. The predicted molar refractivity (Wildman–Crippen MR) is 88.3 cm³/mol. The van der Waals surface area contributed by atoms with Gasteiger partial charge in [0.05, 0.1) is 18.5 Å². The molecular weight excluding hydrogens is 274 g/mol. The topological polar surface area (TPSA) is 52.5 Å². The van der Waals surface area contributed by atoms with Crippen LogP contribution in [0.4, 0.5) is 0 Å². The second-order valence-corrected chi connectivity index (χ2v) is 5.70. The fourth-order valence-electron chi connectivity index (χ4n) is 2.81. The standard InChI is InChI=1S/C18H21N3O/c1-12-7-8-17-20-16(18(13(2)19)21(17)11-12)10-14-5-4-6-15(9-14)22-3/h4-9,11,13H,10,19H2,1-3H3. The van der Waals surface area contributed by atoms with Crippen LogP contribution < -0.4 is 10.5 Å². The minimum Gasteiger partial charge on any atom is -0.497 e. The van der Waals surface area contributed by atoms with E-state index in [4.69, 9.17) is 15.5 Å². The highest BCUT2D eigenvalue weighted by Gasteiger charge is 2.16. The number of fused-ring (bicyclic) bond motifs is 1. The maximum Gasteiger partial charge on any atom is 0.137 e. The molecule has 114 valence electrons. The Morgan fingerprint density at radius 1 is 1.27 bits per heavy atom. The number of benzene rings is 1. The van der Waals surface area contributed by atoms with Gasteiger partial charge in [0.25, 0.3) is 0 Å². The Kier molecular flexibility index (Phi) is 3.86. The molecule has 2 aromatic heterocycles. The van der Waals surface area contributed by atoms with E-state index in [9.17, 15) is 0 Å². The predicted octanol–water partition coefficient (Wildman–Crippen LogP) is 3.26. The third kappa shape index (κ3) is 2.70. The first kappa shape index (κ1) is 14.6. The molecule has 0 radical (unpaired) electrons. The smallest absolute Gasteiger partial charge is 0.137 e. The number of ether oxygens (including phenoxy) is 1. The number of nitrogens with zero attached hydrogens (tertiary/aromatic N) is 2. The van der Waals surface area contributed by atoms with Crippen LogP contribution in [-0.2, 0) is 6.42 Å². The van der Waals surface area contributed by atoms with Gasteiger partial charge in [-0.25, -0.2) is 4.98 Å². The fourth-order valence-corrected chi connectivity index (χ4v) is 2.81. The second-order valence-electron chi connectivity index (χ2n) is 5.70. The Morgan fingerprint density at radius 2 is 2.09 bits per heavy atom. The molecule has 0 aliphatic carbocycles. The molecular formula is C18H21N3O. The molecule has 0 saturated carbocycles. The summed E-state index contributed by atoms with van der Waals surface area (Å²) in [6.07, 6.45) is 2.84. The van der Waals surface area contributed by atoms with Gasteiger partial charge in [0.1, 0.15) is 11.4 Å². The summed E-state index contributed by atoms with van der Waals surface area (Å²) in [6.45, 7) is 4.08. The summed E-state index contributed by atoms with van der Waals surface area (Å²) >= 11 is 0. The molecule has 4 nitrogen and oxygen atoms in total. The SMILES string of the molecule is COc1cccc(Cc2nc3ccc(C)cn3c2C(C)N)c1. The van der Waals surface area contributed by atoms with Crippen molar-refractivity contribution in [2.24, 2.45) is 5.73 Å². The number of methoxy groups -OCH3 is 1. The lowest BCUT2D eigenvalue weighted by atomic mass is 10.1. The second kappa shape index (κ2) is 5.81. The van der Waals surface area contributed by atoms with E-state index in [-0.39, 0.29) is 6.04 Å². The first-order valence-corrected chi connectivity index (χ1v) is 7.44. The number of imidazole rings is 1. The van der Waals surface area contributed by atoms with E-state index in [2.05, 4.69) is 29.7 Å². The summed E-state index contributed by atoms with van der Waals surface area (Å²) in [6, 6.07) is 12.1. The molecule has 2 heterocycles. The first-order valence-electron chi connectivity index (χ1n) is 7.44. The minimum absolute atomic E-state index is 0.0718. The van der Waals surface area contributed by atoms with Crippen LogP contribution in [0.15, 0.2) is 42.6 Å². The maximum atomic E-state index is 6.20. The van der Waals surface area contributed by atoms with Crippen LogP contribution in [0.25, 0.3) is 5.65 Å². The van der Waals surface area contributed by atoms with Crippen molar-refractivity contribution in [1.29, 1.82) is 0 Å². The number of nitrogens with two attached hydrogens (primary N) is 1. The lowest BCUT2D eigenvalue weighted by Gasteiger charge is -2.09. The van der Waals surface area contributed by atoms with Crippen molar-refractivity contribution in [2.45, 2.75) is 26.3 Å². The molecule has 1 aromatic carbocycles. The third-order valence-electron chi connectivity index (χ3n) is 3.82. The highest BCUT2D eigenvalue weighted by molar-refractivity contribution is 5.46. The molecule has 0 aliphatic heterocycles. The molecule has 3 rings (SSSR count). The van der Waals surface area contributed by atoms with Gasteiger partial charge in [-0.2, -0.15) is 0 Å². The van der Waals surface area contributed by atoms with Gasteiger partial charge in [0.2, 0.25) is 0 Å². The van der Waals surface area contributed by atoms with Crippen molar-refractivity contribution >= 4 is 5.65 Å². The number of pyridine rings is 1. The van der Waals surface area contributed by atoms with Crippen molar-refractivity contribution in [3.8, 4) is 5.75 Å². The average Bonchev–Trinajstić information content (AvgIpc) is 2.84. The van der Waals surface area contributed by atoms with Crippen molar-refractivity contribution in [1.82, 2.24) is 9.38 Å². The highest BCUT2D eigenvalue weighted by Crippen LogP contribution is 2.23. The van der Waals surface area contributed by atoms with E-state index in [0.29, 0.717) is 0 Å². The Bertz CT molecular complexity index is 805. The van der Waals surface area contributed by atoms with Crippen molar-refractivity contribution in [3.05, 3.63) is 65.1 Å². The summed E-state index contributed by atoms with van der Waals surface area (Å²) in [7, 11) is 1.68. The molecule has 0 bridgehead atoms. The Labute approximate surface area is 130 Å². The van der Waals surface area contributed by atoms with Gasteiger partial charge < -0.3 is 14.9 Å². The van der Waals surface area contributed by atoms with E-state index < -0.39 is 0 Å². The van der Waals surface area contributed by atoms with Gasteiger partial charge in [0.15, 0.2) is 0 Å². The van der Waals surface area contributed by atoms with Gasteiger partial charge in [-0.1, -0.05) is 18.2 Å². The largest absolute Gasteiger partial charge is 0.497 e. The molecule has 0 spiro atoms. The zero-order valence-corrected chi connectivity index (χ0v) is 13.2. The Morgan fingerprint density at radius 3 is 2.82 bits per heavy atom. The average molecular weight is 295 g/mol. The van der Waals surface area contributed by atoms with Crippen molar-refractivity contribution < 1.29 is 4.74 Å². The summed E-state index contributed by atoms with van der Waals surface area (Å²) < 4.78 is 7.40. The van der Waals surface area contributed by atoms with E-state index in [1.165, 1.54) is 11.1 Å². The van der Waals surface area contributed by atoms with Crippen LogP contribution in [-0.4, -0.2) is 16.5 Å². The fraction of sp³-hybridized carbons (Fsp3) is 0.278. The van der Waals surface area contributed by atoms with Crippen LogP contribution >= 0.6 is 0 Å². The molecule has 0 aliphatic rings. The molecule has 3 aromatic rings. The first-order chi connectivity index (χ1) is 10.6. The molecule has 1 atom stereocenters. The monoisotopic (exact) mass is 295 g/mol. The lowest BCUT2D eigenvalue weighted by molar-refractivity contribution is 0.414. The van der Waals surface area contributed by atoms with Gasteiger partial charge in [0, 0.05) is 18.7 Å². The van der Waals surface area contributed by atoms with Crippen molar-refractivity contribution in [3.63, 3.8) is 0 Å². The van der Waals surface area contributed by atoms with E-state index in [1.54, 1.807) is 7.11 Å². The molecule has 1 unspecified atom stereocenters. The zero-order chi connectivity index (χ0) is 15.7. The summed E-state index contributed by atoms with van der Waals surface area (Å²) in [5, 5.41) is 0. The Balaban J connectivity index is 2.07. The third-order valence-corrected chi connectivity index (χ3v) is 3.82. The molecule has 0 fully saturated rings. The van der Waals surface area contributed by atoms with E-state index in [0.717, 1.165) is 29.2 Å². The maximum absolute atomic E-state index is 6.20. The molecule has 0 saturated heterocycles. The lowest BCUT2D eigenvalue weighted by Crippen LogP contribution is -2.11. The molecule has 2 N–H and O–H groups in total. The van der Waals surface area contributed by atoms with E-state index >= 15 is 0 Å². The summed E-state index contributed by atoms with van der Waals surface area (Å²) in [4.78, 5) is 4.77. The highest BCUT2D eigenvalue weighted by atomic mass is 16.5. The zero-order valence-electron chi connectivity index (χ0n) is 13.2. The number of aromatic nitrogens is 2. The van der Waals surface area contributed by atoms with Crippen LogP contribution in [0.3, 0.4) is 0 Å². The van der Waals surface area contributed by atoms with Crippen molar-refractivity contribution in [2.75, 3.05) is 7.11 Å². The van der Waals surface area contributed by atoms with E-state index in [1.807, 2.05) is 31.2 Å². The molecule has 0 amide bonds. The quantitative estimate of drug-likeness (QED) is 0.803. The van der Waals surface area contributed by atoms with Crippen LogP contribution in [0.2, 0.25) is 0 Å². The number of aryl methyl sites for hydroxylation is 1. The minimum atomic E-state index is -0.0718. The number of hydrogen-bond donors (Lipinski definition) is 1. The normalized spacial score (nSPS) is 12.5. The molecule has 22 heavy (non-hydrogen) atoms. The summed E-state index contributed by atoms with van der Waals surface area (Å²) in [5.41, 5.74) is 11.6. The number of rotatable bonds is 4. The van der Waals surface area contributed by atoms with Gasteiger partial charge in [-0.15, -0.1) is 0 Å². The van der Waals surface area contributed by atoms with Crippen LogP contribution in [0.1, 0.15) is 35.5 Å². The van der Waals surface area contributed by atoms with Crippen LogP contribution in [0, 0.1) is 6.92 Å².